The maximum Gasteiger partial charge on any atom is 0.191 e. The van der Waals surface area contributed by atoms with Gasteiger partial charge in [-0.3, -0.25) is 5.43 Å². The first-order valence-electron chi connectivity index (χ1n) is 9.17. The van der Waals surface area contributed by atoms with E-state index in [9.17, 15) is 4.39 Å². The Hall–Kier alpha value is -3.78. The summed E-state index contributed by atoms with van der Waals surface area (Å²) in [6.45, 7) is 1.83. The van der Waals surface area contributed by atoms with Crippen LogP contribution in [0.25, 0.3) is 11.0 Å². The third-order valence-electron chi connectivity index (χ3n) is 4.20. The van der Waals surface area contributed by atoms with Gasteiger partial charge in [0.1, 0.15) is 23.0 Å². The Morgan fingerprint density at radius 1 is 1.03 bits per heavy atom. The number of hydrogen-bond donors (Lipinski definition) is 3. The second kappa shape index (κ2) is 8.71. The summed E-state index contributed by atoms with van der Waals surface area (Å²) in [5, 5.41) is 7.72. The number of aromatic amines is 1. The van der Waals surface area contributed by atoms with Crippen LogP contribution < -0.4 is 15.5 Å². The number of ether oxygens (including phenoxy) is 1. The topological polar surface area (TPSA) is 74.3 Å². The molecule has 3 aromatic carbocycles. The normalized spacial score (nSPS) is 11.3. The SMILES string of the molecule is C/C(=N\NC(=S)Nc1ccccc1)c1nc2ccc(Oc3ccc(F)cc3)cc2[nH]1. The van der Waals surface area contributed by atoms with Crippen molar-refractivity contribution in [3.05, 3.63) is 84.4 Å². The lowest BCUT2D eigenvalue weighted by molar-refractivity contribution is 0.481. The van der Waals surface area contributed by atoms with Gasteiger partial charge in [0.25, 0.3) is 0 Å². The molecule has 30 heavy (non-hydrogen) atoms. The van der Waals surface area contributed by atoms with Crippen LogP contribution in [0.4, 0.5) is 10.1 Å². The minimum absolute atomic E-state index is 0.308. The molecular weight excluding hydrogens is 401 g/mol. The Morgan fingerprint density at radius 2 is 1.77 bits per heavy atom. The Balaban J connectivity index is 1.45. The van der Waals surface area contributed by atoms with E-state index in [1.807, 2.05) is 49.4 Å². The van der Waals surface area contributed by atoms with Crippen molar-refractivity contribution < 1.29 is 9.13 Å². The highest BCUT2D eigenvalue weighted by Crippen LogP contribution is 2.25. The molecule has 1 aromatic heterocycles. The second-order valence-electron chi connectivity index (χ2n) is 6.45. The van der Waals surface area contributed by atoms with Crippen LogP contribution in [0.3, 0.4) is 0 Å². The van der Waals surface area contributed by atoms with Gasteiger partial charge in [-0.25, -0.2) is 9.37 Å². The van der Waals surface area contributed by atoms with Crippen LogP contribution in [-0.4, -0.2) is 20.8 Å². The monoisotopic (exact) mass is 419 g/mol. The number of thiocarbonyl (C=S) groups is 1. The Bertz CT molecular complexity index is 1210. The van der Waals surface area contributed by atoms with Gasteiger partial charge in [0.15, 0.2) is 10.9 Å². The number of fused-ring (bicyclic) bond motifs is 1. The van der Waals surface area contributed by atoms with Gasteiger partial charge in [-0.1, -0.05) is 18.2 Å². The molecule has 0 unspecified atom stereocenters. The summed E-state index contributed by atoms with van der Waals surface area (Å²) in [6, 6.07) is 20.9. The number of nitrogens with one attached hydrogen (secondary N) is 3. The lowest BCUT2D eigenvalue weighted by Gasteiger charge is -2.07. The number of imidazole rings is 1. The number of hydrogen-bond acceptors (Lipinski definition) is 4. The summed E-state index contributed by atoms with van der Waals surface area (Å²) in [5.74, 6) is 1.47. The van der Waals surface area contributed by atoms with Crippen molar-refractivity contribution in [2.75, 3.05) is 5.32 Å². The Kier molecular flexibility index (Phi) is 5.67. The number of benzene rings is 3. The van der Waals surface area contributed by atoms with Crippen LogP contribution in [0.5, 0.6) is 11.5 Å². The molecule has 6 nitrogen and oxygen atoms in total. The molecule has 4 aromatic rings. The van der Waals surface area contributed by atoms with E-state index in [2.05, 4.69) is 25.8 Å². The minimum Gasteiger partial charge on any atom is -0.457 e. The molecule has 0 amide bonds. The fraction of sp³-hybridized carbons (Fsp3) is 0.0455. The fourth-order valence-corrected chi connectivity index (χ4v) is 2.89. The number of hydrazone groups is 1. The molecule has 0 radical (unpaired) electrons. The first-order chi connectivity index (χ1) is 14.6. The van der Waals surface area contributed by atoms with E-state index in [0.717, 1.165) is 16.7 Å². The summed E-state index contributed by atoms with van der Waals surface area (Å²) in [5.41, 5.74) is 5.90. The molecule has 0 saturated carbocycles. The van der Waals surface area contributed by atoms with Crippen molar-refractivity contribution in [3.8, 4) is 11.5 Å². The van der Waals surface area contributed by atoms with Crippen LogP contribution in [0.2, 0.25) is 0 Å². The largest absolute Gasteiger partial charge is 0.457 e. The third-order valence-corrected chi connectivity index (χ3v) is 4.40. The molecule has 1 heterocycles. The smallest absolute Gasteiger partial charge is 0.191 e. The highest BCUT2D eigenvalue weighted by molar-refractivity contribution is 7.80. The van der Waals surface area contributed by atoms with Crippen LogP contribution >= 0.6 is 12.2 Å². The van der Waals surface area contributed by atoms with E-state index in [1.54, 1.807) is 18.2 Å². The summed E-state index contributed by atoms with van der Waals surface area (Å²) < 4.78 is 18.8. The zero-order valence-corrected chi connectivity index (χ0v) is 16.8. The number of aromatic nitrogens is 2. The van der Waals surface area contributed by atoms with Gasteiger partial charge in [-0.15, -0.1) is 0 Å². The lowest BCUT2D eigenvalue weighted by atomic mass is 10.3. The van der Waals surface area contributed by atoms with Gasteiger partial charge >= 0.3 is 0 Å². The first kappa shape index (κ1) is 19.5. The van der Waals surface area contributed by atoms with E-state index in [0.29, 0.717) is 28.1 Å². The van der Waals surface area contributed by atoms with Gasteiger partial charge in [-0.05, 0) is 67.7 Å². The predicted octanol–water partition coefficient (Wildman–Crippen LogP) is 5.20. The standard InChI is InChI=1S/C22H18FN5OS/c1-14(27-28-22(30)24-16-5-3-2-4-6-16)21-25-19-12-11-18(13-20(19)26-21)29-17-9-7-15(23)8-10-17/h2-13H,1H3,(H,25,26)(H2,24,28,30)/b27-14+. The van der Waals surface area contributed by atoms with Gasteiger partial charge in [0.2, 0.25) is 0 Å². The molecule has 0 atom stereocenters. The van der Waals surface area contributed by atoms with E-state index >= 15 is 0 Å². The molecule has 0 aliphatic heterocycles. The van der Waals surface area contributed by atoms with Crippen molar-refractivity contribution in [1.29, 1.82) is 0 Å². The maximum atomic E-state index is 13.0. The summed E-state index contributed by atoms with van der Waals surface area (Å²) in [7, 11) is 0. The molecule has 0 aliphatic carbocycles. The van der Waals surface area contributed by atoms with Gasteiger partial charge < -0.3 is 15.0 Å². The molecule has 150 valence electrons. The zero-order chi connectivity index (χ0) is 20.9. The van der Waals surface area contributed by atoms with Crippen molar-refractivity contribution in [3.63, 3.8) is 0 Å². The van der Waals surface area contributed by atoms with Crippen LogP contribution in [0.15, 0.2) is 77.9 Å². The highest BCUT2D eigenvalue weighted by Gasteiger charge is 2.08. The molecule has 0 fully saturated rings. The minimum atomic E-state index is -0.308. The van der Waals surface area contributed by atoms with E-state index in [-0.39, 0.29) is 5.82 Å². The molecule has 0 bridgehead atoms. The zero-order valence-electron chi connectivity index (χ0n) is 16.0. The molecular formula is C22H18FN5OS. The number of anilines is 1. The van der Waals surface area contributed by atoms with Crippen molar-refractivity contribution in [2.24, 2.45) is 5.10 Å². The first-order valence-corrected chi connectivity index (χ1v) is 9.57. The van der Waals surface area contributed by atoms with E-state index in [1.165, 1.54) is 12.1 Å². The molecule has 3 N–H and O–H groups in total. The summed E-state index contributed by atoms with van der Waals surface area (Å²) >= 11 is 5.26. The summed E-state index contributed by atoms with van der Waals surface area (Å²) in [4.78, 5) is 7.76. The van der Waals surface area contributed by atoms with E-state index < -0.39 is 0 Å². The number of nitrogens with zero attached hydrogens (tertiary/aromatic N) is 2. The van der Waals surface area contributed by atoms with Crippen LogP contribution in [0.1, 0.15) is 12.7 Å². The van der Waals surface area contributed by atoms with Crippen LogP contribution in [0, 0.1) is 5.82 Å². The Morgan fingerprint density at radius 3 is 2.53 bits per heavy atom. The van der Waals surface area contributed by atoms with Gasteiger partial charge in [-0.2, -0.15) is 5.10 Å². The quantitative estimate of drug-likeness (QED) is 0.235. The molecule has 0 aliphatic rings. The molecule has 4 rings (SSSR count). The number of halogens is 1. The average Bonchev–Trinajstić information content (AvgIpc) is 3.18. The van der Waals surface area contributed by atoms with E-state index in [4.69, 9.17) is 17.0 Å². The predicted molar refractivity (Wildman–Crippen MR) is 121 cm³/mol. The highest BCUT2D eigenvalue weighted by atomic mass is 32.1. The van der Waals surface area contributed by atoms with Crippen molar-refractivity contribution >= 4 is 39.8 Å². The third kappa shape index (κ3) is 4.79. The summed E-state index contributed by atoms with van der Waals surface area (Å²) in [6.07, 6.45) is 0. The van der Waals surface area contributed by atoms with Crippen molar-refractivity contribution in [1.82, 2.24) is 15.4 Å². The number of rotatable bonds is 5. The lowest BCUT2D eigenvalue weighted by Crippen LogP contribution is -2.25. The Labute approximate surface area is 177 Å². The van der Waals surface area contributed by atoms with Gasteiger partial charge in [0, 0.05) is 11.8 Å². The van der Waals surface area contributed by atoms with Crippen LogP contribution in [-0.2, 0) is 0 Å². The molecule has 0 spiro atoms. The van der Waals surface area contributed by atoms with Crippen molar-refractivity contribution in [2.45, 2.75) is 6.92 Å². The van der Waals surface area contributed by atoms with Gasteiger partial charge in [0.05, 0.1) is 11.0 Å². The second-order valence-corrected chi connectivity index (χ2v) is 6.86. The molecule has 8 heteroatoms. The number of para-hydroxylation sites is 1. The number of H-pyrrole nitrogens is 1. The average molecular weight is 419 g/mol. The maximum absolute atomic E-state index is 13.0. The fourth-order valence-electron chi connectivity index (χ4n) is 2.73. The molecule has 0 saturated heterocycles.